The molecule has 4 nitrogen and oxygen atoms in total. The predicted octanol–water partition coefficient (Wildman–Crippen LogP) is 3.61. The average Bonchev–Trinajstić information content (AvgIpc) is 3.44. The fourth-order valence-corrected chi connectivity index (χ4v) is 7.80. The Morgan fingerprint density at radius 1 is 0.643 bits per heavy atom. The quantitative estimate of drug-likeness (QED) is 0.560. The number of nitrogens with one attached hydrogen (secondary N) is 4. The first-order valence-corrected chi connectivity index (χ1v) is 11.7. The van der Waals surface area contributed by atoms with E-state index in [2.05, 4.69) is 45.2 Å². The Kier molecular flexibility index (Phi) is 3.41. The van der Waals surface area contributed by atoms with Gasteiger partial charge in [0.25, 0.3) is 0 Å². The highest BCUT2D eigenvalue weighted by molar-refractivity contribution is 5.57. The van der Waals surface area contributed by atoms with E-state index in [-0.39, 0.29) is 0 Å². The smallest absolute Gasteiger partial charge is 0.0402 e. The van der Waals surface area contributed by atoms with E-state index >= 15 is 0 Å². The Bertz CT molecular complexity index is 784. The molecule has 1 aromatic rings. The van der Waals surface area contributed by atoms with Crippen molar-refractivity contribution >= 4 is 12.2 Å². The maximum absolute atomic E-state index is 4.17. The van der Waals surface area contributed by atoms with Crippen molar-refractivity contribution in [3.05, 3.63) is 34.9 Å². The summed E-state index contributed by atoms with van der Waals surface area (Å²) in [6.45, 7) is 0. The van der Waals surface area contributed by atoms with Crippen LogP contribution in [0.25, 0.3) is 12.2 Å². The van der Waals surface area contributed by atoms with Crippen molar-refractivity contribution in [1.29, 1.82) is 0 Å². The molecular weight excluding hydrogens is 344 g/mol. The Morgan fingerprint density at radius 2 is 1.18 bits per heavy atom. The van der Waals surface area contributed by atoms with Gasteiger partial charge in [0.05, 0.1) is 0 Å². The summed E-state index contributed by atoms with van der Waals surface area (Å²) in [5, 5.41) is 12.1. The molecule has 5 heterocycles. The van der Waals surface area contributed by atoms with Crippen molar-refractivity contribution in [3.63, 3.8) is 0 Å². The highest BCUT2D eigenvalue weighted by atomic mass is 15.1. The van der Waals surface area contributed by atoms with Crippen LogP contribution in [0.1, 0.15) is 62.8 Å². The van der Waals surface area contributed by atoms with E-state index in [1.807, 2.05) is 0 Å². The first kappa shape index (κ1) is 16.2. The molecule has 8 bridgehead atoms. The fraction of sp³-hybridized carbons (Fsp3) is 0.667. The summed E-state index contributed by atoms with van der Waals surface area (Å²) in [6.07, 6.45) is 15.6. The molecule has 1 aromatic heterocycles. The van der Waals surface area contributed by atoms with Crippen molar-refractivity contribution in [2.45, 2.75) is 75.5 Å². The van der Waals surface area contributed by atoms with Gasteiger partial charge < -0.3 is 20.9 Å². The summed E-state index contributed by atoms with van der Waals surface area (Å²) in [7, 11) is 0. The van der Waals surface area contributed by atoms with Gasteiger partial charge in [-0.05, 0) is 99.3 Å². The number of hydrogen-bond donors (Lipinski definition) is 4. The number of hydrogen-bond acceptors (Lipinski definition) is 3. The normalized spacial score (nSPS) is 45.6. The van der Waals surface area contributed by atoms with Crippen molar-refractivity contribution in [1.82, 2.24) is 20.9 Å². The summed E-state index contributed by atoms with van der Waals surface area (Å²) >= 11 is 0. The third kappa shape index (κ3) is 2.39. The summed E-state index contributed by atoms with van der Waals surface area (Å²) in [5.41, 5.74) is 5.38. The van der Waals surface area contributed by atoms with E-state index in [1.165, 1.54) is 74.1 Å². The summed E-state index contributed by atoms with van der Waals surface area (Å²) in [5.74, 6) is 3.32. The van der Waals surface area contributed by atoms with Gasteiger partial charge in [0.15, 0.2) is 0 Å². The zero-order valence-electron chi connectivity index (χ0n) is 16.6. The van der Waals surface area contributed by atoms with Gasteiger partial charge in [-0.15, -0.1) is 0 Å². The molecule has 0 aromatic carbocycles. The van der Waals surface area contributed by atoms with Gasteiger partial charge in [0.2, 0.25) is 0 Å². The Labute approximate surface area is 167 Å². The van der Waals surface area contributed by atoms with Crippen LogP contribution in [-0.4, -0.2) is 29.2 Å². The minimum absolute atomic E-state index is 0.692. The first-order valence-electron chi connectivity index (χ1n) is 11.7. The average molecular weight is 377 g/mol. The number of aromatic amines is 1. The van der Waals surface area contributed by atoms with E-state index in [0.29, 0.717) is 12.1 Å². The van der Waals surface area contributed by atoms with E-state index in [9.17, 15) is 0 Å². The molecule has 0 spiro atoms. The molecule has 8 unspecified atom stereocenters. The molecule has 2 aliphatic carbocycles. The molecular formula is C24H32N4. The highest BCUT2D eigenvalue weighted by Crippen LogP contribution is 2.47. The molecule has 4 N–H and O–H groups in total. The molecule has 7 rings (SSSR count). The zero-order valence-corrected chi connectivity index (χ0v) is 16.6. The largest absolute Gasteiger partial charge is 0.385 e. The van der Waals surface area contributed by atoms with Crippen LogP contribution in [0.15, 0.2) is 23.5 Å². The van der Waals surface area contributed by atoms with Crippen LogP contribution < -0.4 is 16.0 Å². The summed E-state index contributed by atoms with van der Waals surface area (Å²) < 4.78 is 0. The van der Waals surface area contributed by atoms with E-state index in [4.69, 9.17) is 0 Å². The van der Waals surface area contributed by atoms with Gasteiger partial charge in [-0.2, -0.15) is 0 Å². The van der Waals surface area contributed by atoms with Crippen LogP contribution in [0.3, 0.4) is 0 Å². The standard InChI is InChI=1S/C24H32N4/c1-5-19-21-7-8-22(28-21)20-6-2-14-10-18(27-24(14)20)12-16-4-3-15(25-16)11-17-9-13(1)23(19)26-17/h3-4,11-14,19-28H,1-2,5-10H2. The third-order valence-corrected chi connectivity index (χ3v) is 8.99. The van der Waals surface area contributed by atoms with E-state index < -0.39 is 0 Å². The SMILES string of the molecule is C1=C2CC3CCC(C4CCC(N4)C4CCC5CC(=Cc6ccc1[nH]6)NC54)C3N2. The van der Waals surface area contributed by atoms with Crippen LogP contribution in [-0.2, 0) is 0 Å². The highest BCUT2D eigenvalue weighted by Gasteiger charge is 2.49. The van der Waals surface area contributed by atoms with Gasteiger partial charge in [-0.3, -0.25) is 0 Å². The maximum atomic E-state index is 4.17. The molecule has 8 atom stereocenters. The number of allylic oxidation sites excluding steroid dienone is 2. The predicted molar refractivity (Wildman–Crippen MR) is 112 cm³/mol. The van der Waals surface area contributed by atoms with Crippen LogP contribution in [0.5, 0.6) is 0 Å². The van der Waals surface area contributed by atoms with Crippen molar-refractivity contribution in [3.8, 4) is 0 Å². The van der Waals surface area contributed by atoms with Gasteiger partial charge in [0, 0.05) is 46.9 Å². The van der Waals surface area contributed by atoms with E-state index in [0.717, 1.165) is 35.8 Å². The summed E-state index contributed by atoms with van der Waals surface area (Å²) in [6, 6.07) is 7.33. The first-order chi connectivity index (χ1) is 13.8. The van der Waals surface area contributed by atoms with Crippen LogP contribution in [0.2, 0.25) is 0 Å². The number of H-pyrrole nitrogens is 1. The molecule has 3 saturated heterocycles. The second-order valence-corrected chi connectivity index (χ2v) is 10.4. The zero-order chi connectivity index (χ0) is 18.2. The van der Waals surface area contributed by atoms with Crippen LogP contribution >= 0.6 is 0 Å². The maximum Gasteiger partial charge on any atom is 0.0402 e. The lowest BCUT2D eigenvalue weighted by Crippen LogP contribution is -2.47. The van der Waals surface area contributed by atoms with Gasteiger partial charge in [0.1, 0.15) is 0 Å². The monoisotopic (exact) mass is 376 g/mol. The van der Waals surface area contributed by atoms with Gasteiger partial charge in [-0.1, -0.05) is 0 Å². The Balaban J connectivity index is 1.28. The Hall–Kier alpha value is -1.68. The van der Waals surface area contributed by atoms with Crippen molar-refractivity contribution in [2.24, 2.45) is 23.7 Å². The molecule has 0 radical (unpaired) electrons. The lowest BCUT2D eigenvalue weighted by molar-refractivity contribution is 0.284. The lowest BCUT2D eigenvalue weighted by atomic mass is 9.90. The van der Waals surface area contributed by atoms with Crippen molar-refractivity contribution in [2.75, 3.05) is 0 Å². The molecule has 6 aliphatic rings. The van der Waals surface area contributed by atoms with Gasteiger partial charge in [-0.25, -0.2) is 0 Å². The molecule has 0 amide bonds. The Morgan fingerprint density at radius 3 is 1.71 bits per heavy atom. The second-order valence-electron chi connectivity index (χ2n) is 10.4. The molecule has 4 heteroatoms. The van der Waals surface area contributed by atoms with Crippen molar-refractivity contribution < 1.29 is 0 Å². The minimum atomic E-state index is 0.692. The fourth-order valence-electron chi connectivity index (χ4n) is 7.80. The lowest BCUT2D eigenvalue weighted by Gasteiger charge is -2.30. The molecule has 4 aliphatic heterocycles. The minimum Gasteiger partial charge on any atom is -0.385 e. The topological polar surface area (TPSA) is 51.9 Å². The third-order valence-electron chi connectivity index (χ3n) is 8.99. The number of fused-ring (bicyclic) bond motifs is 8. The number of rotatable bonds is 0. The molecule has 2 saturated carbocycles. The van der Waals surface area contributed by atoms with Gasteiger partial charge >= 0.3 is 0 Å². The summed E-state index contributed by atoms with van der Waals surface area (Å²) in [4.78, 5) is 3.63. The van der Waals surface area contributed by atoms with Crippen LogP contribution in [0, 0.1) is 23.7 Å². The molecule has 5 fully saturated rings. The van der Waals surface area contributed by atoms with Crippen LogP contribution in [0.4, 0.5) is 0 Å². The number of aromatic nitrogens is 1. The second kappa shape index (κ2) is 5.91. The molecule has 28 heavy (non-hydrogen) atoms. The van der Waals surface area contributed by atoms with E-state index in [1.54, 1.807) is 0 Å². The molecule has 148 valence electrons.